The van der Waals surface area contributed by atoms with E-state index in [1.54, 1.807) is 37.3 Å². The maximum absolute atomic E-state index is 14.5. The summed E-state index contributed by atoms with van der Waals surface area (Å²) in [5.41, 5.74) is 0.749. The fraction of sp³-hybridized carbons (Fsp3) is 0.0870. The lowest BCUT2D eigenvalue weighted by Crippen LogP contribution is -2.31. The van der Waals surface area contributed by atoms with Crippen molar-refractivity contribution in [3.8, 4) is 5.69 Å². The SMILES string of the molecule is CCN(c1ccccc1)S(=O)(=O)c1ccc(Cl)c(C(=O)Nc2ccc(-n3cncn3)c(F)c2)c1. The summed E-state index contributed by atoms with van der Waals surface area (Å²) >= 11 is 6.20. The van der Waals surface area contributed by atoms with E-state index in [-0.39, 0.29) is 33.4 Å². The first kappa shape index (κ1) is 23.4. The van der Waals surface area contributed by atoms with E-state index in [1.807, 2.05) is 0 Å². The highest BCUT2D eigenvalue weighted by atomic mass is 35.5. The van der Waals surface area contributed by atoms with Crippen molar-refractivity contribution < 1.29 is 17.6 Å². The summed E-state index contributed by atoms with van der Waals surface area (Å²) in [5, 5.41) is 6.48. The summed E-state index contributed by atoms with van der Waals surface area (Å²) < 4.78 is 43.6. The largest absolute Gasteiger partial charge is 0.322 e. The van der Waals surface area contributed by atoms with E-state index in [9.17, 15) is 17.6 Å². The molecular formula is C23H19ClFN5O3S. The van der Waals surface area contributed by atoms with Crippen molar-refractivity contribution in [3.05, 3.63) is 95.8 Å². The quantitative estimate of drug-likeness (QED) is 0.403. The van der Waals surface area contributed by atoms with Crippen LogP contribution in [0.2, 0.25) is 5.02 Å². The normalized spacial score (nSPS) is 11.3. The molecule has 0 unspecified atom stereocenters. The van der Waals surface area contributed by atoms with E-state index in [1.165, 1.54) is 52.0 Å². The van der Waals surface area contributed by atoms with Gasteiger partial charge in [0, 0.05) is 12.2 Å². The topological polar surface area (TPSA) is 97.2 Å². The summed E-state index contributed by atoms with van der Waals surface area (Å²) in [6.45, 7) is 1.90. The molecule has 1 N–H and O–H groups in total. The predicted molar refractivity (Wildman–Crippen MR) is 127 cm³/mol. The number of aromatic nitrogens is 3. The molecule has 0 saturated heterocycles. The number of nitrogens with zero attached hydrogens (tertiary/aromatic N) is 4. The standard InChI is InChI=1S/C23H19ClFN5O3S/c1-2-30(17-6-4-3-5-7-17)34(32,33)18-9-10-20(24)19(13-18)23(31)28-16-8-11-22(21(25)12-16)29-15-26-14-27-29/h3-15H,2H2,1H3,(H,28,31). The van der Waals surface area contributed by atoms with Gasteiger partial charge in [0.25, 0.3) is 15.9 Å². The number of carbonyl (C=O) groups is 1. The number of nitrogens with one attached hydrogen (secondary N) is 1. The van der Waals surface area contributed by atoms with Gasteiger partial charge in [0.05, 0.1) is 21.2 Å². The molecule has 3 aromatic carbocycles. The summed E-state index contributed by atoms with van der Waals surface area (Å²) in [4.78, 5) is 16.6. The number of hydrogen-bond donors (Lipinski definition) is 1. The molecule has 11 heteroatoms. The molecule has 34 heavy (non-hydrogen) atoms. The van der Waals surface area contributed by atoms with Gasteiger partial charge >= 0.3 is 0 Å². The third kappa shape index (κ3) is 4.63. The van der Waals surface area contributed by atoms with Crippen LogP contribution < -0.4 is 9.62 Å². The monoisotopic (exact) mass is 499 g/mol. The van der Waals surface area contributed by atoms with E-state index in [4.69, 9.17) is 11.6 Å². The zero-order valence-corrected chi connectivity index (χ0v) is 19.5. The molecular weight excluding hydrogens is 481 g/mol. The zero-order valence-electron chi connectivity index (χ0n) is 17.9. The molecule has 8 nitrogen and oxygen atoms in total. The summed E-state index contributed by atoms with van der Waals surface area (Å²) in [5.74, 6) is -1.31. The summed E-state index contributed by atoms with van der Waals surface area (Å²) in [6.07, 6.45) is 2.62. The Morgan fingerprint density at radius 3 is 2.53 bits per heavy atom. The molecule has 0 aliphatic rings. The first-order chi connectivity index (χ1) is 16.3. The van der Waals surface area contributed by atoms with Crippen LogP contribution in [-0.2, 0) is 10.0 Å². The summed E-state index contributed by atoms with van der Waals surface area (Å²) in [7, 11) is -3.97. The molecule has 0 bridgehead atoms. The highest BCUT2D eigenvalue weighted by Crippen LogP contribution is 2.27. The number of hydrogen-bond acceptors (Lipinski definition) is 5. The van der Waals surface area contributed by atoms with Crippen molar-refractivity contribution >= 4 is 38.9 Å². The van der Waals surface area contributed by atoms with Crippen LogP contribution in [0.1, 0.15) is 17.3 Å². The molecule has 1 amide bonds. The number of sulfonamides is 1. The van der Waals surface area contributed by atoms with Crippen LogP contribution in [0.4, 0.5) is 15.8 Å². The Bertz CT molecular complexity index is 1430. The van der Waals surface area contributed by atoms with Crippen molar-refractivity contribution in [1.82, 2.24) is 14.8 Å². The second kappa shape index (κ2) is 9.62. The van der Waals surface area contributed by atoms with E-state index in [0.29, 0.717) is 5.69 Å². The number of amides is 1. The van der Waals surface area contributed by atoms with Gasteiger partial charge in [-0.25, -0.2) is 22.5 Å². The molecule has 0 radical (unpaired) electrons. The van der Waals surface area contributed by atoms with Crippen LogP contribution in [0, 0.1) is 5.82 Å². The van der Waals surface area contributed by atoms with Gasteiger partial charge in [-0.15, -0.1) is 0 Å². The molecule has 0 fully saturated rings. The van der Waals surface area contributed by atoms with Crippen molar-refractivity contribution in [1.29, 1.82) is 0 Å². The average molecular weight is 500 g/mol. The number of halogens is 2. The first-order valence-electron chi connectivity index (χ1n) is 10.1. The Balaban J connectivity index is 1.62. The molecule has 0 atom stereocenters. The van der Waals surface area contributed by atoms with Gasteiger partial charge in [-0.1, -0.05) is 29.8 Å². The smallest absolute Gasteiger partial charge is 0.264 e. The third-order valence-corrected chi connectivity index (χ3v) is 7.20. The first-order valence-corrected chi connectivity index (χ1v) is 12.0. The highest BCUT2D eigenvalue weighted by molar-refractivity contribution is 7.92. The van der Waals surface area contributed by atoms with Crippen molar-refractivity contribution in [2.24, 2.45) is 0 Å². The number of carbonyl (C=O) groups excluding carboxylic acids is 1. The van der Waals surface area contributed by atoms with E-state index >= 15 is 0 Å². The van der Waals surface area contributed by atoms with Crippen LogP contribution in [-0.4, -0.2) is 35.6 Å². The van der Waals surface area contributed by atoms with Crippen molar-refractivity contribution in [2.75, 3.05) is 16.2 Å². The molecule has 4 rings (SSSR count). The minimum atomic E-state index is -3.97. The fourth-order valence-corrected chi connectivity index (χ4v) is 5.06. The molecule has 0 aliphatic carbocycles. The second-order valence-electron chi connectivity index (χ2n) is 7.11. The Morgan fingerprint density at radius 1 is 1.12 bits per heavy atom. The Kier molecular flexibility index (Phi) is 6.62. The van der Waals surface area contributed by atoms with Gasteiger partial charge in [0.2, 0.25) is 0 Å². The van der Waals surface area contributed by atoms with Gasteiger partial charge in [-0.2, -0.15) is 5.10 Å². The summed E-state index contributed by atoms with van der Waals surface area (Å²) in [6, 6.07) is 16.6. The molecule has 0 aliphatic heterocycles. The Labute approximate surface area is 200 Å². The van der Waals surface area contributed by atoms with Crippen LogP contribution >= 0.6 is 11.6 Å². The lowest BCUT2D eigenvalue weighted by molar-refractivity contribution is 0.102. The lowest BCUT2D eigenvalue weighted by atomic mass is 10.2. The maximum Gasteiger partial charge on any atom is 0.264 e. The van der Waals surface area contributed by atoms with E-state index in [2.05, 4.69) is 15.4 Å². The minimum Gasteiger partial charge on any atom is -0.322 e. The number of benzene rings is 3. The van der Waals surface area contributed by atoms with Crippen LogP contribution in [0.5, 0.6) is 0 Å². The highest BCUT2D eigenvalue weighted by Gasteiger charge is 2.25. The van der Waals surface area contributed by atoms with Gasteiger partial charge < -0.3 is 5.32 Å². The maximum atomic E-state index is 14.5. The molecule has 0 spiro atoms. The molecule has 1 aromatic heterocycles. The molecule has 174 valence electrons. The average Bonchev–Trinajstić information content (AvgIpc) is 3.35. The number of anilines is 2. The van der Waals surface area contributed by atoms with E-state index < -0.39 is 21.7 Å². The Hall–Kier alpha value is -3.76. The molecule has 4 aromatic rings. The molecule has 0 saturated carbocycles. The van der Waals surface area contributed by atoms with E-state index in [0.717, 1.165) is 6.07 Å². The van der Waals surface area contributed by atoms with Crippen LogP contribution in [0.25, 0.3) is 5.69 Å². The second-order valence-corrected chi connectivity index (χ2v) is 9.38. The van der Waals surface area contributed by atoms with Crippen molar-refractivity contribution in [2.45, 2.75) is 11.8 Å². The van der Waals surface area contributed by atoms with Crippen LogP contribution in [0.3, 0.4) is 0 Å². The lowest BCUT2D eigenvalue weighted by Gasteiger charge is -2.23. The van der Waals surface area contributed by atoms with Gasteiger partial charge in [0.1, 0.15) is 18.3 Å². The van der Waals surface area contributed by atoms with Crippen molar-refractivity contribution in [3.63, 3.8) is 0 Å². The zero-order chi connectivity index (χ0) is 24.3. The fourth-order valence-electron chi connectivity index (χ4n) is 3.35. The van der Waals surface area contributed by atoms with Gasteiger partial charge in [-0.05, 0) is 55.5 Å². The third-order valence-electron chi connectivity index (χ3n) is 4.97. The Morgan fingerprint density at radius 2 is 1.88 bits per heavy atom. The minimum absolute atomic E-state index is 0.0546. The number of para-hydroxylation sites is 1. The predicted octanol–water partition coefficient (Wildman–Crippen LogP) is 4.53. The van der Waals surface area contributed by atoms with Gasteiger partial charge in [0.15, 0.2) is 5.82 Å². The van der Waals surface area contributed by atoms with Crippen LogP contribution in [0.15, 0.2) is 84.3 Å². The van der Waals surface area contributed by atoms with Gasteiger partial charge in [-0.3, -0.25) is 9.10 Å². The molecule has 1 heterocycles. The number of rotatable bonds is 7.